The smallest absolute Gasteiger partial charge is 0.416 e. The van der Waals surface area contributed by atoms with Crippen molar-refractivity contribution in [2.45, 2.75) is 51.9 Å². The van der Waals surface area contributed by atoms with Crippen molar-refractivity contribution in [3.05, 3.63) is 34.9 Å². The van der Waals surface area contributed by atoms with Gasteiger partial charge in [-0.25, -0.2) is 4.79 Å². The van der Waals surface area contributed by atoms with E-state index in [9.17, 15) is 18.0 Å². The summed E-state index contributed by atoms with van der Waals surface area (Å²) >= 11 is 0. The standard InChI is InChI=1S/C16H20F3NO2/c1-10-13-6-5-12(16(17,18)19)9-11(13)7-8-20(10)14(21)22-15(2,3)4/h5-6,9-10H,7-8H2,1-4H3/t10-/m0/s1. The van der Waals surface area contributed by atoms with Crippen LogP contribution in [0.4, 0.5) is 18.0 Å². The van der Waals surface area contributed by atoms with Crippen LogP contribution in [0, 0.1) is 0 Å². The SMILES string of the molecule is C[C@H]1c2ccc(C(F)(F)F)cc2CCN1C(=O)OC(C)(C)C. The maximum atomic E-state index is 12.8. The van der Waals surface area contributed by atoms with E-state index < -0.39 is 23.4 Å². The van der Waals surface area contributed by atoms with Crippen molar-refractivity contribution in [1.29, 1.82) is 0 Å². The molecule has 0 unspecified atom stereocenters. The average Bonchev–Trinajstić information content (AvgIpc) is 2.35. The normalized spacial score (nSPS) is 18.9. The van der Waals surface area contributed by atoms with E-state index >= 15 is 0 Å². The summed E-state index contributed by atoms with van der Waals surface area (Å²) in [5.41, 5.74) is 0.133. The Morgan fingerprint density at radius 2 is 1.91 bits per heavy atom. The lowest BCUT2D eigenvalue weighted by Crippen LogP contribution is -2.42. The Bertz CT molecular complexity index is 576. The maximum absolute atomic E-state index is 12.8. The van der Waals surface area contributed by atoms with Crippen LogP contribution in [0.1, 0.15) is 50.4 Å². The first-order valence-electron chi connectivity index (χ1n) is 7.18. The third-order valence-electron chi connectivity index (χ3n) is 3.64. The Balaban J connectivity index is 2.24. The fourth-order valence-corrected chi connectivity index (χ4v) is 2.58. The molecule has 2 rings (SSSR count). The van der Waals surface area contributed by atoms with E-state index in [4.69, 9.17) is 4.74 Å². The van der Waals surface area contributed by atoms with Crippen molar-refractivity contribution >= 4 is 6.09 Å². The van der Waals surface area contributed by atoms with E-state index in [-0.39, 0.29) is 6.04 Å². The molecule has 1 aromatic carbocycles. The molecule has 0 radical (unpaired) electrons. The number of hydrogen-bond acceptors (Lipinski definition) is 2. The summed E-state index contributed by atoms with van der Waals surface area (Å²) in [6, 6.07) is 3.40. The van der Waals surface area contributed by atoms with Crippen molar-refractivity contribution < 1.29 is 22.7 Å². The highest BCUT2D eigenvalue weighted by Gasteiger charge is 2.34. The van der Waals surface area contributed by atoms with Crippen LogP contribution in [0.15, 0.2) is 18.2 Å². The van der Waals surface area contributed by atoms with Crippen molar-refractivity contribution in [2.75, 3.05) is 6.54 Å². The minimum absolute atomic E-state index is 0.305. The summed E-state index contributed by atoms with van der Waals surface area (Å²) in [5.74, 6) is 0. The number of amides is 1. The van der Waals surface area contributed by atoms with Gasteiger partial charge in [-0.3, -0.25) is 0 Å². The zero-order chi connectivity index (χ0) is 16.7. The minimum atomic E-state index is -4.35. The molecule has 22 heavy (non-hydrogen) atoms. The zero-order valence-electron chi connectivity index (χ0n) is 13.1. The second-order valence-electron chi connectivity index (χ2n) is 6.51. The van der Waals surface area contributed by atoms with Crippen molar-refractivity contribution in [3.8, 4) is 0 Å². The molecule has 0 fully saturated rings. The lowest BCUT2D eigenvalue weighted by Gasteiger charge is -2.36. The van der Waals surface area contributed by atoms with E-state index in [1.54, 1.807) is 32.6 Å². The number of ether oxygens (including phenoxy) is 1. The van der Waals surface area contributed by atoms with Crippen LogP contribution < -0.4 is 0 Å². The summed E-state index contributed by atoms with van der Waals surface area (Å²) in [6.45, 7) is 7.49. The molecule has 6 heteroatoms. The summed E-state index contributed by atoms with van der Waals surface area (Å²) in [5, 5.41) is 0. The number of alkyl halides is 3. The first-order chi connectivity index (χ1) is 9.99. The number of fused-ring (bicyclic) bond motifs is 1. The molecule has 0 N–H and O–H groups in total. The van der Waals surface area contributed by atoms with Crippen LogP contribution in [-0.2, 0) is 17.3 Å². The first-order valence-corrected chi connectivity index (χ1v) is 7.18. The molecular formula is C16H20F3NO2. The van der Waals surface area contributed by atoms with Gasteiger partial charge in [0.2, 0.25) is 0 Å². The average molecular weight is 315 g/mol. The van der Waals surface area contributed by atoms with Crippen molar-refractivity contribution in [3.63, 3.8) is 0 Å². The number of carbonyl (C=O) groups is 1. The summed E-state index contributed by atoms with van der Waals surface area (Å²) in [7, 11) is 0. The monoisotopic (exact) mass is 315 g/mol. The largest absolute Gasteiger partial charge is 0.444 e. The van der Waals surface area contributed by atoms with Gasteiger partial charge in [-0.15, -0.1) is 0 Å². The van der Waals surface area contributed by atoms with Gasteiger partial charge >= 0.3 is 12.3 Å². The fourth-order valence-electron chi connectivity index (χ4n) is 2.58. The minimum Gasteiger partial charge on any atom is -0.444 e. The molecular weight excluding hydrogens is 295 g/mol. The lowest BCUT2D eigenvalue weighted by atomic mass is 9.92. The molecule has 1 amide bonds. The van der Waals surface area contributed by atoms with Gasteiger partial charge in [-0.2, -0.15) is 13.2 Å². The van der Waals surface area contributed by atoms with Gasteiger partial charge in [0, 0.05) is 6.54 Å². The Morgan fingerprint density at radius 3 is 2.45 bits per heavy atom. The molecule has 1 atom stereocenters. The highest BCUT2D eigenvalue weighted by atomic mass is 19.4. The Morgan fingerprint density at radius 1 is 1.27 bits per heavy atom. The third-order valence-corrected chi connectivity index (χ3v) is 3.64. The molecule has 1 aliphatic heterocycles. The predicted octanol–water partition coefficient (Wildman–Crippen LogP) is 4.56. The molecule has 1 aliphatic rings. The maximum Gasteiger partial charge on any atom is 0.416 e. The molecule has 0 aliphatic carbocycles. The quantitative estimate of drug-likeness (QED) is 0.702. The fraction of sp³-hybridized carbons (Fsp3) is 0.562. The summed E-state index contributed by atoms with van der Waals surface area (Å²) < 4.78 is 43.6. The number of hydrogen-bond donors (Lipinski definition) is 0. The molecule has 0 saturated carbocycles. The lowest BCUT2D eigenvalue weighted by molar-refractivity contribution is -0.137. The van der Waals surface area contributed by atoms with Crippen LogP contribution in [0.5, 0.6) is 0 Å². The molecule has 0 spiro atoms. The van der Waals surface area contributed by atoms with Crippen LogP contribution in [-0.4, -0.2) is 23.1 Å². The number of rotatable bonds is 0. The van der Waals surface area contributed by atoms with Crippen LogP contribution in [0.2, 0.25) is 0 Å². The molecule has 0 aromatic heterocycles. The van der Waals surface area contributed by atoms with Crippen LogP contribution in [0.25, 0.3) is 0 Å². The van der Waals surface area contributed by atoms with E-state index in [1.807, 2.05) is 0 Å². The Kier molecular flexibility index (Phi) is 4.15. The molecule has 3 nitrogen and oxygen atoms in total. The van der Waals surface area contributed by atoms with E-state index in [0.29, 0.717) is 18.5 Å². The van der Waals surface area contributed by atoms with Crippen LogP contribution >= 0.6 is 0 Å². The van der Waals surface area contributed by atoms with E-state index in [2.05, 4.69) is 0 Å². The van der Waals surface area contributed by atoms with E-state index in [1.165, 1.54) is 12.1 Å². The number of halogens is 3. The predicted molar refractivity (Wildman–Crippen MR) is 76.5 cm³/mol. The Hall–Kier alpha value is -1.72. The highest BCUT2D eigenvalue weighted by Crippen LogP contribution is 2.35. The van der Waals surface area contributed by atoms with Gasteiger partial charge in [0.1, 0.15) is 5.60 Å². The van der Waals surface area contributed by atoms with Gasteiger partial charge in [0.25, 0.3) is 0 Å². The number of carbonyl (C=O) groups excluding carboxylic acids is 1. The van der Waals surface area contributed by atoms with Gasteiger partial charge in [-0.1, -0.05) is 6.07 Å². The van der Waals surface area contributed by atoms with E-state index in [0.717, 1.165) is 11.6 Å². The third kappa shape index (κ3) is 3.54. The second kappa shape index (κ2) is 5.48. The molecule has 1 heterocycles. The first kappa shape index (κ1) is 16.6. The summed E-state index contributed by atoms with van der Waals surface area (Å²) in [4.78, 5) is 13.7. The van der Waals surface area contributed by atoms with Gasteiger partial charge in [-0.05, 0) is 57.4 Å². The molecule has 0 saturated heterocycles. The van der Waals surface area contributed by atoms with Gasteiger partial charge in [0.15, 0.2) is 0 Å². The van der Waals surface area contributed by atoms with Crippen LogP contribution in [0.3, 0.4) is 0 Å². The Labute approximate surface area is 128 Å². The number of nitrogens with zero attached hydrogens (tertiary/aromatic N) is 1. The van der Waals surface area contributed by atoms with Gasteiger partial charge in [0.05, 0.1) is 11.6 Å². The van der Waals surface area contributed by atoms with Gasteiger partial charge < -0.3 is 9.64 Å². The summed E-state index contributed by atoms with van der Waals surface area (Å²) in [6.07, 6.45) is -4.39. The molecule has 122 valence electrons. The van der Waals surface area contributed by atoms with Crippen molar-refractivity contribution in [1.82, 2.24) is 4.90 Å². The molecule has 1 aromatic rings. The topological polar surface area (TPSA) is 29.5 Å². The zero-order valence-corrected chi connectivity index (χ0v) is 13.1. The van der Waals surface area contributed by atoms with Crippen molar-refractivity contribution in [2.24, 2.45) is 0 Å². The molecule has 0 bridgehead atoms. The second-order valence-corrected chi connectivity index (χ2v) is 6.51. The highest BCUT2D eigenvalue weighted by molar-refractivity contribution is 5.69. The number of benzene rings is 1.